The molecule has 2 atom stereocenters. The van der Waals surface area contributed by atoms with Gasteiger partial charge in [0, 0.05) is 25.2 Å². The fraction of sp³-hybridized carbons (Fsp3) is 0.944. The number of methoxy groups -OCH3 is 1. The highest BCUT2D eigenvalue weighted by molar-refractivity contribution is 5.83. The Bertz CT molecular complexity index is 384. The van der Waals surface area contributed by atoms with Crippen molar-refractivity contribution in [2.24, 2.45) is 10.8 Å². The average Bonchev–Trinajstić information content (AvgIpc) is 2.56. The third-order valence-electron chi connectivity index (χ3n) is 6.24. The average molecular weight is 326 g/mol. The molecule has 1 aliphatic heterocycles. The van der Waals surface area contributed by atoms with Crippen molar-refractivity contribution in [3.8, 4) is 0 Å². The highest BCUT2D eigenvalue weighted by Gasteiger charge is 2.55. The fourth-order valence-corrected chi connectivity index (χ4v) is 4.51. The molecule has 0 spiro atoms. The van der Waals surface area contributed by atoms with E-state index in [0.29, 0.717) is 6.61 Å². The van der Waals surface area contributed by atoms with Crippen molar-refractivity contribution in [2.45, 2.75) is 65.0 Å². The highest BCUT2D eigenvalue weighted by atomic mass is 16.5. The van der Waals surface area contributed by atoms with E-state index in [0.717, 1.165) is 51.8 Å². The van der Waals surface area contributed by atoms with E-state index in [-0.39, 0.29) is 28.9 Å². The minimum Gasteiger partial charge on any atom is -0.384 e. The zero-order valence-corrected chi connectivity index (χ0v) is 15.2. The first-order chi connectivity index (χ1) is 11.1. The summed E-state index contributed by atoms with van der Waals surface area (Å²) in [7, 11) is 1.69. The lowest BCUT2D eigenvalue weighted by Gasteiger charge is -2.56. The Morgan fingerprint density at radius 2 is 1.87 bits per heavy atom. The molecule has 0 aromatic carbocycles. The van der Waals surface area contributed by atoms with Crippen molar-refractivity contribution >= 4 is 5.91 Å². The number of nitrogens with one attached hydrogen (secondary N) is 2. The van der Waals surface area contributed by atoms with Gasteiger partial charge in [0.05, 0.1) is 18.1 Å². The lowest BCUT2D eigenvalue weighted by molar-refractivity contribution is -0.157. The summed E-state index contributed by atoms with van der Waals surface area (Å²) < 4.78 is 11.3. The van der Waals surface area contributed by atoms with Crippen molar-refractivity contribution in [2.75, 3.05) is 33.4 Å². The zero-order chi connectivity index (χ0) is 16.9. The van der Waals surface area contributed by atoms with Gasteiger partial charge in [0.15, 0.2) is 0 Å². The van der Waals surface area contributed by atoms with E-state index >= 15 is 0 Å². The molecule has 2 fully saturated rings. The third kappa shape index (κ3) is 3.42. The summed E-state index contributed by atoms with van der Waals surface area (Å²) in [6, 6.07) is 0.227. The van der Waals surface area contributed by atoms with Gasteiger partial charge in [-0.2, -0.15) is 0 Å². The summed E-state index contributed by atoms with van der Waals surface area (Å²) in [5, 5.41) is 6.71. The largest absolute Gasteiger partial charge is 0.384 e. The van der Waals surface area contributed by atoms with Gasteiger partial charge in [-0.3, -0.25) is 4.79 Å². The number of carbonyl (C=O) groups is 1. The molecule has 1 heterocycles. The van der Waals surface area contributed by atoms with Gasteiger partial charge in [0.1, 0.15) is 0 Å². The van der Waals surface area contributed by atoms with Gasteiger partial charge in [-0.1, -0.05) is 13.8 Å². The molecule has 5 nitrogen and oxygen atoms in total. The summed E-state index contributed by atoms with van der Waals surface area (Å²) >= 11 is 0. The molecule has 0 bridgehead atoms. The molecule has 0 aromatic rings. The second kappa shape index (κ2) is 7.95. The van der Waals surface area contributed by atoms with Crippen molar-refractivity contribution < 1.29 is 14.3 Å². The van der Waals surface area contributed by atoms with Crippen LogP contribution in [0.25, 0.3) is 0 Å². The molecule has 2 aliphatic rings. The van der Waals surface area contributed by atoms with Crippen molar-refractivity contribution in [1.29, 1.82) is 0 Å². The van der Waals surface area contributed by atoms with E-state index in [1.807, 2.05) is 6.92 Å². The van der Waals surface area contributed by atoms with E-state index in [4.69, 9.17) is 9.47 Å². The van der Waals surface area contributed by atoms with Crippen LogP contribution in [0.4, 0.5) is 0 Å². The lowest BCUT2D eigenvalue weighted by Crippen LogP contribution is -2.66. The smallest absolute Gasteiger partial charge is 0.228 e. The van der Waals surface area contributed by atoms with Crippen LogP contribution in [0, 0.1) is 10.8 Å². The Morgan fingerprint density at radius 3 is 2.39 bits per heavy atom. The van der Waals surface area contributed by atoms with Crippen LogP contribution in [0.3, 0.4) is 0 Å². The van der Waals surface area contributed by atoms with Crippen molar-refractivity contribution in [1.82, 2.24) is 10.6 Å². The highest BCUT2D eigenvalue weighted by Crippen LogP contribution is 2.49. The minimum atomic E-state index is -0.371. The SMILES string of the molecule is CCOC1CC(NC(=O)C2(COC)CCNCC2)C1(CC)CC. The Kier molecular flexibility index (Phi) is 6.46. The summed E-state index contributed by atoms with van der Waals surface area (Å²) in [6.45, 7) is 9.49. The maximum absolute atomic E-state index is 13.0. The van der Waals surface area contributed by atoms with E-state index < -0.39 is 0 Å². The van der Waals surface area contributed by atoms with Crippen LogP contribution in [0.15, 0.2) is 0 Å². The number of hydrogen-bond donors (Lipinski definition) is 2. The Morgan fingerprint density at radius 1 is 1.22 bits per heavy atom. The van der Waals surface area contributed by atoms with Gasteiger partial charge in [-0.05, 0) is 52.1 Å². The molecule has 1 amide bonds. The molecule has 23 heavy (non-hydrogen) atoms. The first kappa shape index (κ1) is 18.7. The summed E-state index contributed by atoms with van der Waals surface area (Å²) in [5.41, 5.74) is -0.281. The summed E-state index contributed by atoms with van der Waals surface area (Å²) in [5.74, 6) is 0.173. The molecular formula is C18H34N2O3. The van der Waals surface area contributed by atoms with E-state index in [2.05, 4.69) is 24.5 Å². The van der Waals surface area contributed by atoms with Crippen LogP contribution in [-0.4, -0.2) is 51.5 Å². The standard InChI is InChI=1S/C18H34N2O3/c1-5-18(6-2)14(12-15(18)23-7-3)20-16(21)17(13-22-4)8-10-19-11-9-17/h14-15,19H,5-13H2,1-4H3,(H,20,21). The first-order valence-electron chi connectivity index (χ1n) is 9.20. The van der Waals surface area contributed by atoms with Gasteiger partial charge in [0.25, 0.3) is 0 Å². The van der Waals surface area contributed by atoms with Gasteiger partial charge in [-0.15, -0.1) is 0 Å². The maximum Gasteiger partial charge on any atom is 0.228 e. The van der Waals surface area contributed by atoms with E-state index in [9.17, 15) is 4.79 Å². The predicted molar refractivity (Wildman–Crippen MR) is 91.4 cm³/mol. The Balaban J connectivity index is 2.06. The fourth-order valence-electron chi connectivity index (χ4n) is 4.51. The van der Waals surface area contributed by atoms with Crippen LogP contribution in [0.2, 0.25) is 0 Å². The molecule has 0 aromatic heterocycles. The molecule has 1 saturated heterocycles. The van der Waals surface area contributed by atoms with Crippen molar-refractivity contribution in [3.05, 3.63) is 0 Å². The number of amides is 1. The molecule has 5 heteroatoms. The van der Waals surface area contributed by atoms with Gasteiger partial charge in [-0.25, -0.2) is 0 Å². The summed E-state index contributed by atoms with van der Waals surface area (Å²) in [6.07, 6.45) is 4.98. The number of carbonyl (C=O) groups excluding carboxylic acids is 1. The van der Waals surface area contributed by atoms with Crippen LogP contribution < -0.4 is 10.6 Å². The molecule has 134 valence electrons. The molecule has 0 radical (unpaired) electrons. The minimum absolute atomic E-state index is 0.0901. The van der Waals surface area contributed by atoms with Gasteiger partial charge in [0.2, 0.25) is 5.91 Å². The maximum atomic E-state index is 13.0. The number of rotatable bonds is 8. The topological polar surface area (TPSA) is 59.6 Å². The van der Waals surface area contributed by atoms with Crippen LogP contribution in [0.5, 0.6) is 0 Å². The second-order valence-corrected chi connectivity index (χ2v) is 7.11. The van der Waals surface area contributed by atoms with Crippen molar-refractivity contribution in [3.63, 3.8) is 0 Å². The zero-order valence-electron chi connectivity index (χ0n) is 15.2. The van der Waals surface area contributed by atoms with Crippen LogP contribution in [0.1, 0.15) is 52.9 Å². The quantitative estimate of drug-likeness (QED) is 0.717. The molecule has 1 aliphatic carbocycles. The molecule has 2 unspecified atom stereocenters. The van der Waals surface area contributed by atoms with E-state index in [1.54, 1.807) is 7.11 Å². The van der Waals surface area contributed by atoms with Crippen LogP contribution >= 0.6 is 0 Å². The lowest BCUT2D eigenvalue weighted by atomic mass is 9.58. The number of piperidine rings is 1. The Hall–Kier alpha value is -0.650. The Labute approximate surface area is 140 Å². The normalized spacial score (nSPS) is 28.9. The van der Waals surface area contributed by atoms with Gasteiger partial charge < -0.3 is 20.1 Å². The predicted octanol–water partition coefficient (Wildman–Crippen LogP) is 2.10. The molecule has 1 saturated carbocycles. The number of hydrogen-bond acceptors (Lipinski definition) is 4. The molecule has 2 rings (SSSR count). The molecular weight excluding hydrogens is 292 g/mol. The second-order valence-electron chi connectivity index (χ2n) is 7.11. The third-order valence-corrected chi connectivity index (χ3v) is 6.24. The monoisotopic (exact) mass is 326 g/mol. The molecule has 2 N–H and O–H groups in total. The first-order valence-corrected chi connectivity index (χ1v) is 9.20. The summed E-state index contributed by atoms with van der Waals surface area (Å²) in [4.78, 5) is 13.0. The van der Waals surface area contributed by atoms with E-state index in [1.165, 1.54) is 0 Å². The number of ether oxygens (including phenoxy) is 2. The van der Waals surface area contributed by atoms with Crippen LogP contribution in [-0.2, 0) is 14.3 Å². The van der Waals surface area contributed by atoms with Gasteiger partial charge >= 0.3 is 0 Å².